The highest BCUT2D eigenvalue weighted by Crippen LogP contribution is 2.19. The first-order valence-electron chi connectivity index (χ1n) is 8.68. The number of rotatable bonds is 6. The van der Waals surface area contributed by atoms with E-state index in [1.54, 1.807) is 12.4 Å². The molecule has 1 aliphatic heterocycles. The van der Waals surface area contributed by atoms with Gasteiger partial charge in [-0.1, -0.05) is 6.42 Å². The Morgan fingerprint density at radius 1 is 1.33 bits per heavy atom. The Kier molecular flexibility index (Phi) is 5.30. The lowest BCUT2D eigenvalue weighted by molar-refractivity contribution is -0.118. The van der Waals surface area contributed by atoms with Crippen LogP contribution in [0.4, 0.5) is 5.82 Å². The Balaban J connectivity index is 1.60. The van der Waals surface area contributed by atoms with Crippen molar-refractivity contribution < 1.29 is 4.79 Å². The van der Waals surface area contributed by atoms with Crippen LogP contribution in [-0.2, 0) is 11.3 Å². The van der Waals surface area contributed by atoms with Crippen LogP contribution in [0, 0.1) is 0 Å². The van der Waals surface area contributed by atoms with Crippen LogP contribution in [0.2, 0.25) is 0 Å². The Hall–Kier alpha value is -2.15. The molecule has 1 N–H and O–H groups in total. The van der Waals surface area contributed by atoms with Crippen molar-refractivity contribution in [2.45, 2.75) is 51.7 Å². The van der Waals surface area contributed by atoms with Crippen LogP contribution in [-0.4, -0.2) is 49.5 Å². The maximum Gasteiger partial charge on any atom is 0.239 e. The average Bonchev–Trinajstić information content (AvgIpc) is 3.21. The largest absolute Gasteiger partial charge is 0.310 e. The number of nitrogens with zero attached hydrogens (tertiary/aromatic N) is 5. The van der Waals surface area contributed by atoms with Gasteiger partial charge in [-0.25, -0.2) is 4.68 Å². The average molecular weight is 330 g/mol. The van der Waals surface area contributed by atoms with E-state index in [9.17, 15) is 4.79 Å². The highest BCUT2D eigenvalue weighted by atomic mass is 16.2. The van der Waals surface area contributed by atoms with Gasteiger partial charge in [0.1, 0.15) is 5.82 Å². The molecule has 1 aliphatic rings. The summed E-state index contributed by atoms with van der Waals surface area (Å²) in [6.07, 6.45) is 8.96. The third kappa shape index (κ3) is 4.03. The van der Waals surface area contributed by atoms with Gasteiger partial charge >= 0.3 is 0 Å². The molecule has 1 amide bonds. The lowest BCUT2D eigenvalue weighted by atomic mass is 10.0. The van der Waals surface area contributed by atoms with E-state index in [1.807, 2.05) is 41.5 Å². The zero-order valence-corrected chi connectivity index (χ0v) is 14.4. The van der Waals surface area contributed by atoms with Crippen molar-refractivity contribution in [3.63, 3.8) is 0 Å². The standard InChI is InChI=1S/C17H26N6O/c1-14(2)23-16(7-9-19-23)20-17(24)13-21-10-4-3-6-15(21)12-22-11-5-8-18-22/h5,7-9,11,14-15H,3-4,6,10,12-13H2,1-2H3,(H,20,24)/t15-/m0/s1. The molecule has 0 radical (unpaired) electrons. The van der Waals surface area contributed by atoms with Crippen molar-refractivity contribution in [3.8, 4) is 0 Å². The summed E-state index contributed by atoms with van der Waals surface area (Å²) in [4.78, 5) is 14.8. The number of hydrogen-bond donors (Lipinski definition) is 1. The van der Waals surface area contributed by atoms with Gasteiger partial charge in [0.05, 0.1) is 19.3 Å². The molecule has 0 aliphatic carbocycles. The predicted molar refractivity (Wildman–Crippen MR) is 92.7 cm³/mol. The van der Waals surface area contributed by atoms with E-state index in [0.717, 1.165) is 31.7 Å². The van der Waals surface area contributed by atoms with E-state index < -0.39 is 0 Å². The second-order valence-corrected chi connectivity index (χ2v) is 6.65. The summed E-state index contributed by atoms with van der Waals surface area (Å²) in [6.45, 7) is 6.31. The van der Waals surface area contributed by atoms with Crippen molar-refractivity contribution in [1.82, 2.24) is 24.5 Å². The predicted octanol–water partition coefficient (Wildman–Crippen LogP) is 2.15. The summed E-state index contributed by atoms with van der Waals surface area (Å²) in [6, 6.07) is 4.36. The molecule has 0 saturated carbocycles. The van der Waals surface area contributed by atoms with Crippen LogP contribution in [0.25, 0.3) is 0 Å². The van der Waals surface area contributed by atoms with Gasteiger partial charge in [0.25, 0.3) is 0 Å². The fourth-order valence-corrected chi connectivity index (χ4v) is 3.29. The molecule has 7 heteroatoms. The molecule has 0 spiro atoms. The Morgan fingerprint density at radius 2 is 2.21 bits per heavy atom. The molecule has 1 fully saturated rings. The number of amides is 1. The molecule has 1 atom stereocenters. The third-order valence-electron chi connectivity index (χ3n) is 4.48. The maximum atomic E-state index is 12.5. The molecule has 2 aromatic heterocycles. The monoisotopic (exact) mass is 330 g/mol. The first kappa shape index (κ1) is 16.7. The molecule has 130 valence electrons. The summed E-state index contributed by atoms with van der Waals surface area (Å²) < 4.78 is 3.78. The minimum atomic E-state index is 0.0183. The minimum Gasteiger partial charge on any atom is -0.310 e. The summed E-state index contributed by atoms with van der Waals surface area (Å²) in [7, 11) is 0. The van der Waals surface area contributed by atoms with Gasteiger partial charge < -0.3 is 5.32 Å². The van der Waals surface area contributed by atoms with Crippen LogP contribution in [0.15, 0.2) is 30.7 Å². The highest BCUT2D eigenvalue weighted by molar-refractivity contribution is 5.91. The Bertz CT molecular complexity index is 648. The summed E-state index contributed by atoms with van der Waals surface area (Å²) >= 11 is 0. The Morgan fingerprint density at radius 3 is 2.96 bits per heavy atom. The molecule has 0 bridgehead atoms. The van der Waals surface area contributed by atoms with Crippen LogP contribution < -0.4 is 5.32 Å². The van der Waals surface area contributed by atoms with Crippen molar-refractivity contribution in [1.29, 1.82) is 0 Å². The van der Waals surface area contributed by atoms with Crippen molar-refractivity contribution in [2.75, 3.05) is 18.4 Å². The summed E-state index contributed by atoms with van der Waals surface area (Å²) in [5.74, 6) is 0.778. The van der Waals surface area contributed by atoms with Crippen molar-refractivity contribution in [2.24, 2.45) is 0 Å². The lowest BCUT2D eigenvalue weighted by Gasteiger charge is -2.35. The topological polar surface area (TPSA) is 68.0 Å². The van der Waals surface area contributed by atoms with E-state index in [4.69, 9.17) is 0 Å². The molecule has 1 saturated heterocycles. The van der Waals surface area contributed by atoms with Gasteiger partial charge in [0, 0.05) is 30.5 Å². The Labute approximate surface area is 142 Å². The van der Waals surface area contributed by atoms with Crippen LogP contribution in [0.3, 0.4) is 0 Å². The molecular formula is C17H26N6O. The molecule has 0 unspecified atom stereocenters. The van der Waals surface area contributed by atoms with Crippen molar-refractivity contribution >= 4 is 11.7 Å². The fraction of sp³-hybridized carbons (Fsp3) is 0.588. The van der Waals surface area contributed by atoms with E-state index >= 15 is 0 Å². The van der Waals surface area contributed by atoms with E-state index in [0.29, 0.717) is 12.6 Å². The first-order valence-corrected chi connectivity index (χ1v) is 8.68. The molecule has 0 aromatic carbocycles. The van der Waals surface area contributed by atoms with Gasteiger partial charge in [-0.2, -0.15) is 10.2 Å². The number of piperidine rings is 1. The number of aromatic nitrogens is 4. The zero-order chi connectivity index (χ0) is 16.9. The third-order valence-corrected chi connectivity index (χ3v) is 4.48. The van der Waals surface area contributed by atoms with Gasteiger partial charge in [0.2, 0.25) is 5.91 Å². The molecular weight excluding hydrogens is 304 g/mol. The minimum absolute atomic E-state index is 0.0183. The molecule has 3 heterocycles. The SMILES string of the molecule is CC(C)n1nccc1NC(=O)CN1CCCC[C@H]1Cn1cccn1. The van der Waals surface area contributed by atoms with E-state index in [2.05, 4.69) is 20.4 Å². The molecule has 2 aromatic rings. The van der Waals surface area contributed by atoms with Crippen molar-refractivity contribution in [3.05, 3.63) is 30.7 Å². The smallest absolute Gasteiger partial charge is 0.239 e. The van der Waals surface area contributed by atoms with Crippen LogP contribution in [0.1, 0.15) is 39.2 Å². The number of likely N-dealkylation sites (tertiary alicyclic amines) is 1. The normalized spacial score (nSPS) is 18.9. The van der Waals surface area contributed by atoms with Gasteiger partial charge in [0.15, 0.2) is 0 Å². The zero-order valence-electron chi connectivity index (χ0n) is 14.4. The molecule has 3 rings (SSSR count). The first-order chi connectivity index (χ1) is 11.6. The van der Waals surface area contributed by atoms with Crippen LogP contribution >= 0.6 is 0 Å². The highest BCUT2D eigenvalue weighted by Gasteiger charge is 2.25. The fourth-order valence-electron chi connectivity index (χ4n) is 3.29. The second-order valence-electron chi connectivity index (χ2n) is 6.65. The lowest BCUT2D eigenvalue weighted by Crippen LogP contribution is -2.46. The van der Waals surface area contributed by atoms with Gasteiger partial charge in [-0.3, -0.25) is 14.4 Å². The summed E-state index contributed by atoms with van der Waals surface area (Å²) in [5.41, 5.74) is 0. The number of carbonyl (C=O) groups is 1. The van der Waals surface area contributed by atoms with Gasteiger partial charge in [-0.05, 0) is 39.3 Å². The number of nitrogens with one attached hydrogen (secondary N) is 1. The maximum absolute atomic E-state index is 12.5. The molecule has 24 heavy (non-hydrogen) atoms. The number of hydrogen-bond acceptors (Lipinski definition) is 4. The molecule has 7 nitrogen and oxygen atoms in total. The second kappa shape index (κ2) is 7.61. The van der Waals surface area contributed by atoms with Crippen LogP contribution in [0.5, 0.6) is 0 Å². The number of anilines is 1. The summed E-state index contributed by atoms with van der Waals surface area (Å²) in [5, 5.41) is 11.5. The van der Waals surface area contributed by atoms with E-state index in [-0.39, 0.29) is 11.9 Å². The van der Waals surface area contributed by atoms with Gasteiger partial charge in [-0.15, -0.1) is 0 Å². The van der Waals surface area contributed by atoms with E-state index in [1.165, 1.54) is 6.42 Å². The number of carbonyl (C=O) groups excluding carboxylic acids is 1. The quantitative estimate of drug-likeness (QED) is 0.881.